The van der Waals surface area contributed by atoms with Crippen molar-refractivity contribution in [3.63, 3.8) is 0 Å². The van der Waals surface area contributed by atoms with Crippen molar-refractivity contribution in [3.05, 3.63) is 64.7 Å². The molecule has 0 bridgehead atoms. The van der Waals surface area contributed by atoms with Crippen LogP contribution in [0, 0.1) is 5.92 Å². The van der Waals surface area contributed by atoms with Crippen molar-refractivity contribution in [1.29, 1.82) is 0 Å². The molecule has 0 aromatic heterocycles. The normalized spacial score (nSPS) is 22.2. The molecule has 1 N–H and O–H groups in total. The van der Waals surface area contributed by atoms with E-state index < -0.39 is 17.8 Å². The van der Waals surface area contributed by atoms with Crippen molar-refractivity contribution < 1.29 is 23.0 Å². The molecule has 2 atom stereocenters. The smallest absolute Gasteiger partial charge is 0.416 e. The maximum atomic E-state index is 12.7. The zero-order chi connectivity index (χ0) is 22.8. The van der Waals surface area contributed by atoms with Crippen LogP contribution in [0.1, 0.15) is 43.2 Å². The predicted octanol–water partition coefficient (Wildman–Crippen LogP) is 5.93. The van der Waals surface area contributed by atoms with Gasteiger partial charge in [0.25, 0.3) is 0 Å². The second kappa shape index (κ2) is 9.62. The van der Waals surface area contributed by atoms with E-state index in [1.807, 2.05) is 24.3 Å². The Balaban J connectivity index is 1.31. The molecule has 2 aromatic rings. The van der Waals surface area contributed by atoms with Crippen LogP contribution in [0.25, 0.3) is 0 Å². The minimum Gasteiger partial charge on any atom is -0.493 e. The molecule has 1 aliphatic carbocycles. The van der Waals surface area contributed by atoms with Crippen LogP contribution in [-0.2, 0) is 11.6 Å². The Labute approximate surface area is 192 Å². The van der Waals surface area contributed by atoms with Gasteiger partial charge in [-0.05, 0) is 74.2 Å². The number of hydrogen-bond acceptors (Lipinski definition) is 3. The average molecular weight is 468 g/mol. The molecule has 2 aromatic carbocycles. The molecule has 0 spiro atoms. The second-order valence-electron chi connectivity index (χ2n) is 9.13. The van der Waals surface area contributed by atoms with Gasteiger partial charge in [0.1, 0.15) is 5.75 Å². The number of halogens is 4. The van der Waals surface area contributed by atoms with Crippen LogP contribution in [0.15, 0.2) is 48.5 Å². The van der Waals surface area contributed by atoms with E-state index in [4.69, 9.17) is 16.3 Å². The van der Waals surface area contributed by atoms with Crippen LogP contribution in [0.4, 0.5) is 13.2 Å². The second-order valence-corrected chi connectivity index (χ2v) is 9.57. The van der Waals surface area contributed by atoms with Gasteiger partial charge in [-0.1, -0.05) is 30.2 Å². The number of likely N-dealkylation sites (tertiary alicyclic amines) is 1. The molecule has 3 nitrogen and oxygen atoms in total. The van der Waals surface area contributed by atoms with Crippen molar-refractivity contribution in [2.75, 3.05) is 26.2 Å². The van der Waals surface area contributed by atoms with E-state index in [1.165, 1.54) is 12.1 Å². The number of benzene rings is 2. The first-order chi connectivity index (χ1) is 15.3. The Morgan fingerprint density at radius 3 is 2.34 bits per heavy atom. The number of hydrogen-bond donors (Lipinski definition) is 1. The van der Waals surface area contributed by atoms with Crippen molar-refractivity contribution >= 4 is 11.6 Å². The highest BCUT2D eigenvalue weighted by molar-refractivity contribution is 6.30. The SMILES string of the molecule is O[C@@H](CN1CCC[C@@H](COc2ccc(C(F)(F)F)cc2)C1)C1(c2ccc(Cl)cc2)CCC1. The van der Waals surface area contributed by atoms with E-state index in [-0.39, 0.29) is 11.3 Å². The van der Waals surface area contributed by atoms with Crippen molar-refractivity contribution in [1.82, 2.24) is 4.90 Å². The van der Waals surface area contributed by atoms with Crippen LogP contribution in [0.2, 0.25) is 5.02 Å². The first kappa shape index (κ1) is 23.4. The molecule has 0 amide bonds. The number of β-amino-alcohol motifs (C(OH)–C–C–N with tert-alkyl or cyclic N) is 1. The van der Waals surface area contributed by atoms with Crippen molar-refractivity contribution in [3.8, 4) is 5.75 Å². The molecular weight excluding hydrogens is 439 g/mol. The van der Waals surface area contributed by atoms with Gasteiger partial charge in [0.15, 0.2) is 0 Å². The van der Waals surface area contributed by atoms with Crippen LogP contribution in [-0.4, -0.2) is 42.4 Å². The summed E-state index contributed by atoms with van der Waals surface area (Å²) in [4.78, 5) is 2.30. The maximum Gasteiger partial charge on any atom is 0.416 e. The molecule has 0 unspecified atom stereocenters. The third-order valence-corrected chi connectivity index (χ3v) is 7.26. The van der Waals surface area contributed by atoms with E-state index >= 15 is 0 Å². The van der Waals surface area contributed by atoms with Crippen molar-refractivity contribution in [2.45, 2.75) is 49.8 Å². The van der Waals surface area contributed by atoms with E-state index in [9.17, 15) is 18.3 Å². The summed E-state index contributed by atoms with van der Waals surface area (Å²) in [5, 5.41) is 11.9. The van der Waals surface area contributed by atoms with Gasteiger partial charge < -0.3 is 14.7 Å². The molecule has 1 aliphatic heterocycles. The number of ether oxygens (including phenoxy) is 1. The Hall–Kier alpha value is -1.76. The van der Waals surface area contributed by atoms with Crippen LogP contribution in [0.3, 0.4) is 0 Å². The first-order valence-electron chi connectivity index (χ1n) is 11.2. The number of piperidine rings is 1. The highest BCUT2D eigenvalue weighted by atomic mass is 35.5. The van der Waals surface area contributed by atoms with E-state index in [0.717, 1.165) is 62.9 Å². The number of aliphatic hydroxyl groups excluding tert-OH is 1. The van der Waals surface area contributed by atoms with Gasteiger partial charge in [-0.15, -0.1) is 0 Å². The Morgan fingerprint density at radius 1 is 1.06 bits per heavy atom. The fourth-order valence-electron chi connectivity index (χ4n) is 4.98. The van der Waals surface area contributed by atoms with E-state index in [0.29, 0.717) is 23.9 Å². The lowest BCUT2D eigenvalue weighted by Crippen LogP contribution is -2.52. The first-order valence-corrected chi connectivity index (χ1v) is 11.6. The van der Waals surface area contributed by atoms with Gasteiger partial charge in [0.2, 0.25) is 0 Å². The molecule has 1 saturated carbocycles. The molecule has 1 heterocycles. The Bertz CT molecular complexity index is 882. The lowest BCUT2D eigenvalue weighted by molar-refractivity contribution is -0.137. The molecule has 4 rings (SSSR count). The molecule has 0 radical (unpaired) electrons. The highest BCUT2D eigenvalue weighted by Crippen LogP contribution is 2.47. The molecular formula is C25H29ClF3NO2. The number of nitrogens with zero attached hydrogens (tertiary/aromatic N) is 1. The highest BCUT2D eigenvalue weighted by Gasteiger charge is 2.45. The third kappa shape index (κ3) is 5.24. The van der Waals surface area contributed by atoms with Crippen LogP contribution in [0.5, 0.6) is 5.75 Å². The molecule has 32 heavy (non-hydrogen) atoms. The lowest BCUT2D eigenvalue weighted by atomic mass is 9.61. The minimum atomic E-state index is -4.34. The summed E-state index contributed by atoms with van der Waals surface area (Å²) in [5.74, 6) is 0.734. The molecule has 174 valence electrons. The summed E-state index contributed by atoms with van der Waals surface area (Å²) in [5.41, 5.74) is 0.280. The lowest BCUT2D eigenvalue weighted by Gasteiger charge is -2.48. The average Bonchev–Trinajstić information content (AvgIpc) is 2.73. The summed E-state index contributed by atoms with van der Waals surface area (Å²) in [7, 11) is 0. The molecule has 7 heteroatoms. The van der Waals surface area contributed by atoms with Crippen LogP contribution >= 0.6 is 11.6 Å². The van der Waals surface area contributed by atoms with Gasteiger partial charge in [0, 0.05) is 29.4 Å². The Kier molecular flexibility index (Phi) is 7.03. The minimum absolute atomic E-state index is 0.200. The zero-order valence-electron chi connectivity index (χ0n) is 18.0. The summed E-state index contributed by atoms with van der Waals surface area (Å²) in [6.45, 7) is 2.82. The van der Waals surface area contributed by atoms with E-state index in [1.54, 1.807) is 0 Å². The quantitative estimate of drug-likeness (QED) is 0.547. The topological polar surface area (TPSA) is 32.7 Å². The van der Waals surface area contributed by atoms with Crippen LogP contribution < -0.4 is 4.74 Å². The van der Waals surface area contributed by atoms with Gasteiger partial charge in [-0.2, -0.15) is 13.2 Å². The van der Waals surface area contributed by atoms with Crippen molar-refractivity contribution in [2.24, 2.45) is 5.92 Å². The van der Waals surface area contributed by atoms with Gasteiger partial charge in [-0.25, -0.2) is 0 Å². The number of rotatable bonds is 7. The summed E-state index contributed by atoms with van der Waals surface area (Å²) >= 11 is 6.04. The molecule has 2 aliphatic rings. The monoisotopic (exact) mass is 467 g/mol. The number of alkyl halides is 3. The van der Waals surface area contributed by atoms with Gasteiger partial charge in [-0.3, -0.25) is 0 Å². The summed E-state index contributed by atoms with van der Waals surface area (Å²) in [6, 6.07) is 12.7. The Morgan fingerprint density at radius 2 is 1.75 bits per heavy atom. The third-order valence-electron chi connectivity index (χ3n) is 7.00. The fraction of sp³-hybridized carbons (Fsp3) is 0.520. The largest absolute Gasteiger partial charge is 0.493 e. The molecule has 1 saturated heterocycles. The fourth-order valence-corrected chi connectivity index (χ4v) is 5.11. The standard InChI is InChI=1S/C25H29ClF3NO2/c26-21-8-4-19(5-9-21)24(12-2-13-24)23(31)16-30-14-1-3-18(15-30)17-32-22-10-6-20(7-11-22)25(27,28)29/h4-11,18,23,31H,1-3,12-17H2/t18-,23+/m1/s1. The summed E-state index contributed by atoms with van der Waals surface area (Å²) in [6.07, 6.45) is 0.300. The maximum absolute atomic E-state index is 12.7. The molecule has 2 fully saturated rings. The number of aliphatic hydroxyl groups is 1. The summed E-state index contributed by atoms with van der Waals surface area (Å²) < 4.78 is 43.9. The van der Waals surface area contributed by atoms with Gasteiger partial charge in [0.05, 0.1) is 18.3 Å². The zero-order valence-corrected chi connectivity index (χ0v) is 18.7. The predicted molar refractivity (Wildman–Crippen MR) is 119 cm³/mol. The van der Waals surface area contributed by atoms with Gasteiger partial charge >= 0.3 is 6.18 Å². The van der Waals surface area contributed by atoms with E-state index in [2.05, 4.69) is 4.90 Å².